The Morgan fingerprint density at radius 1 is 1.18 bits per heavy atom. The van der Waals surface area contributed by atoms with E-state index in [0.717, 1.165) is 12.0 Å². The Labute approximate surface area is 165 Å². The van der Waals surface area contributed by atoms with Gasteiger partial charge in [-0.15, -0.1) is 0 Å². The lowest BCUT2D eigenvalue weighted by Crippen LogP contribution is -2.40. The molecule has 0 aromatic heterocycles. The number of nitrogens with zero attached hydrogens (tertiary/aromatic N) is 2. The van der Waals surface area contributed by atoms with Crippen LogP contribution in [0.5, 0.6) is 0 Å². The van der Waals surface area contributed by atoms with Gasteiger partial charge in [0.1, 0.15) is 0 Å². The van der Waals surface area contributed by atoms with Gasteiger partial charge in [0.05, 0.1) is 24.3 Å². The molecule has 0 unspecified atom stereocenters. The highest BCUT2D eigenvalue weighted by Gasteiger charge is 2.26. The molecule has 0 aliphatic carbocycles. The lowest BCUT2D eigenvalue weighted by atomic mass is 10.1. The molecule has 1 saturated heterocycles. The highest BCUT2D eigenvalue weighted by Crippen LogP contribution is 2.18. The number of benzene rings is 2. The molecule has 2 aromatic rings. The topological polar surface area (TPSA) is 88.1 Å². The first-order valence-corrected chi connectivity index (χ1v) is 10.5. The van der Waals surface area contributed by atoms with Crippen molar-refractivity contribution in [1.29, 1.82) is 0 Å². The van der Waals surface area contributed by atoms with Crippen molar-refractivity contribution in [3.8, 4) is 0 Å². The fraction of sp³-hybridized carbons (Fsp3) is 0.300. The summed E-state index contributed by atoms with van der Waals surface area (Å²) < 4.78 is 32.0. The van der Waals surface area contributed by atoms with Gasteiger partial charge in [-0.1, -0.05) is 37.3 Å². The molecule has 1 aliphatic heterocycles. The van der Waals surface area contributed by atoms with Gasteiger partial charge in [0.15, 0.2) is 0 Å². The summed E-state index contributed by atoms with van der Waals surface area (Å²) in [7, 11) is -3.65. The molecule has 0 saturated carbocycles. The van der Waals surface area contributed by atoms with Crippen LogP contribution in [-0.2, 0) is 21.2 Å². The zero-order valence-corrected chi connectivity index (χ0v) is 16.5. The van der Waals surface area contributed by atoms with E-state index in [9.17, 15) is 13.2 Å². The van der Waals surface area contributed by atoms with Crippen molar-refractivity contribution in [1.82, 2.24) is 9.73 Å². The van der Waals surface area contributed by atoms with E-state index in [2.05, 4.69) is 17.5 Å². The average Bonchev–Trinajstić information content (AvgIpc) is 2.75. The van der Waals surface area contributed by atoms with Crippen LogP contribution in [-0.4, -0.2) is 51.1 Å². The summed E-state index contributed by atoms with van der Waals surface area (Å²) in [5.74, 6) is -0.472. The van der Waals surface area contributed by atoms with E-state index in [4.69, 9.17) is 4.74 Å². The number of hydrogen-bond acceptors (Lipinski definition) is 5. The lowest BCUT2D eigenvalue weighted by molar-refractivity contribution is 0.0730. The van der Waals surface area contributed by atoms with Gasteiger partial charge in [-0.25, -0.2) is 13.8 Å². The highest BCUT2D eigenvalue weighted by atomic mass is 32.2. The first-order valence-electron chi connectivity index (χ1n) is 9.11. The van der Waals surface area contributed by atoms with Gasteiger partial charge in [-0.3, -0.25) is 4.79 Å². The maximum Gasteiger partial charge on any atom is 0.271 e. The molecule has 148 valence electrons. The minimum Gasteiger partial charge on any atom is -0.379 e. The van der Waals surface area contributed by atoms with E-state index in [-0.39, 0.29) is 10.5 Å². The summed E-state index contributed by atoms with van der Waals surface area (Å²) in [6, 6.07) is 13.8. The molecule has 0 spiro atoms. The van der Waals surface area contributed by atoms with Crippen LogP contribution in [0.4, 0.5) is 0 Å². The number of carbonyl (C=O) groups excluding carboxylic acids is 1. The monoisotopic (exact) mass is 401 g/mol. The van der Waals surface area contributed by atoms with Gasteiger partial charge in [0.2, 0.25) is 10.0 Å². The molecule has 2 aromatic carbocycles. The molecular weight excluding hydrogens is 378 g/mol. The van der Waals surface area contributed by atoms with E-state index in [0.29, 0.717) is 26.3 Å². The maximum atomic E-state index is 12.7. The summed E-state index contributed by atoms with van der Waals surface area (Å²) in [5.41, 5.74) is 4.75. The van der Waals surface area contributed by atoms with Crippen LogP contribution in [0.25, 0.3) is 0 Å². The first-order chi connectivity index (χ1) is 13.5. The third-order valence-corrected chi connectivity index (χ3v) is 6.37. The predicted octanol–water partition coefficient (Wildman–Crippen LogP) is 2.03. The lowest BCUT2D eigenvalue weighted by Gasteiger charge is -2.26. The van der Waals surface area contributed by atoms with Crippen molar-refractivity contribution in [2.75, 3.05) is 26.3 Å². The highest BCUT2D eigenvalue weighted by molar-refractivity contribution is 7.89. The van der Waals surface area contributed by atoms with Gasteiger partial charge in [0.25, 0.3) is 5.91 Å². The number of rotatable bonds is 6. The van der Waals surface area contributed by atoms with Crippen LogP contribution >= 0.6 is 0 Å². The maximum absolute atomic E-state index is 12.7. The van der Waals surface area contributed by atoms with Gasteiger partial charge in [0, 0.05) is 18.7 Å². The average molecular weight is 401 g/mol. The molecule has 1 heterocycles. The van der Waals surface area contributed by atoms with E-state index in [1.807, 2.05) is 24.3 Å². The van der Waals surface area contributed by atoms with Crippen molar-refractivity contribution in [2.24, 2.45) is 5.10 Å². The Hall–Kier alpha value is -2.55. The van der Waals surface area contributed by atoms with Crippen molar-refractivity contribution < 1.29 is 17.9 Å². The third-order valence-electron chi connectivity index (χ3n) is 4.47. The van der Waals surface area contributed by atoms with Gasteiger partial charge >= 0.3 is 0 Å². The van der Waals surface area contributed by atoms with Crippen LogP contribution < -0.4 is 5.43 Å². The molecule has 0 radical (unpaired) electrons. The second-order valence-electron chi connectivity index (χ2n) is 6.34. The minimum absolute atomic E-state index is 0.0844. The Bertz CT molecular complexity index is 950. The quantitative estimate of drug-likeness (QED) is 0.593. The minimum atomic E-state index is -3.65. The van der Waals surface area contributed by atoms with E-state index in [1.165, 1.54) is 22.0 Å². The van der Waals surface area contributed by atoms with Crippen LogP contribution in [0.2, 0.25) is 0 Å². The standard InChI is InChI=1S/C20H23N3O4S/c1-2-16-6-8-17(9-7-16)15-21-22-20(24)18-4-3-5-19(14-18)28(25,26)23-10-12-27-13-11-23/h3-9,14-15H,2,10-13H2,1H3,(H,22,24). The number of hydrazone groups is 1. The molecule has 1 fully saturated rings. The zero-order valence-electron chi connectivity index (χ0n) is 15.7. The van der Waals surface area contributed by atoms with Crippen molar-refractivity contribution in [2.45, 2.75) is 18.2 Å². The van der Waals surface area contributed by atoms with Crippen molar-refractivity contribution in [3.05, 3.63) is 65.2 Å². The molecule has 1 N–H and O–H groups in total. The van der Waals surface area contributed by atoms with Crippen molar-refractivity contribution in [3.63, 3.8) is 0 Å². The fourth-order valence-corrected chi connectivity index (χ4v) is 4.26. The Kier molecular flexibility index (Phi) is 6.56. The SMILES string of the molecule is CCc1ccc(C=NNC(=O)c2cccc(S(=O)(=O)N3CCOCC3)c2)cc1. The number of morpholine rings is 1. The molecule has 1 amide bonds. The number of amides is 1. The number of sulfonamides is 1. The number of hydrogen-bond donors (Lipinski definition) is 1. The number of ether oxygens (including phenoxy) is 1. The van der Waals surface area contributed by atoms with Gasteiger partial charge < -0.3 is 4.74 Å². The number of carbonyl (C=O) groups is 1. The van der Waals surface area contributed by atoms with Crippen LogP contribution in [0.1, 0.15) is 28.4 Å². The second-order valence-corrected chi connectivity index (χ2v) is 8.28. The predicted molar refractivity (Wildman–Crippen MR) is 107 cm³/mol. The fourth-order valence-electron chi connectivity index (χ4n) is 2.80. The Balaban J connectivity index is 1.68. The molecule has 1 aliphatic rings. The summed E-state index contributed by atoms with van der Waals surface area (Å²) in [6.07, 6.45) is 2.50. The largest absolute Gasteiger partial charge is 0.379 e. The van der Waals surface area contributed by atoms with Gasteiger partial charge in [-0.2, -0.15) is 9.41 Å². The zero-order chi connectivity index (χ0) is 20.0. The molecule has 0 bridgehead atoms. The normalized spacial score (nSPS) is 15.6. The smallest absolute Gasteiger partial charge is 0.271 e. The van der Waals surface area contributed by atoms with E-state index >= 15 is 0 Å². The van der Waals surface area contributed by atoms with E-state index in [1.54, 1.807) is 18.3 Å². The van der Waals surface area contributed by atoms with Gasteiger partial charge in [-0.05, 0) is 35.7 Å². The van der Waals surface area contributed by atoms with E-state index < -0.39 is 15.9 Å². The molecule has 3 rings (SSSR count). The third kappa shape index (κ3) is 4.83. The number of aryl methyl sites for hydroxylation is 1. The Morgan fingerprint density at radius 3 is 2.57 bits per heavy atom. The molecular formula is C20H23N3O4S. The summed E-state index contributed by atoms with van der Waals surface area (Å²) in [4.78, 5) is 12.4. The molecule has 0 atom stereocenters. The summed E-state index contributed by atoms with van der Waals surface area (Å²) in [6.45, 7) is 3.43. The summed E-state index contributed by atoms with van der Waals surface area (Å²) >= 11 is 0. The molecule has 8 heteroatoms. The molecule has 28 heavy (non-hydrogen) atoms. The first kappa shape index (κ1) is 20.2. The second kappa shape index (κ2) is 9.09. The van der Waals surface area contributed by atoms with Crippen molar-refractivity contribution >= 4 is 22.1 Å². The van der Waals surface area contributed by atoms with Crippen LogP contribution in [0.3, 0.4) is 0 Å². The van der Waals surface area contributed by atoms with Crippen LogP contribution in [0, 0.1) is 0 Å². The number of nitrogens with one attached hydrogen (secondary N) is 1. The Morgan fingerprint density at radius 2 is 1.89 bits per heavy atom. The van der Waals surface area contributed by atoms with Crippen LogP contribution in [0.15, 0.2) is 58.5 Å². The summed E-state index contributed by atoms with van der Waals surface area (Å²) in [5, 5.41) is 3.95. The molecule has 7 nitrogen and oxygen atoms in total.